The average Bonchev–Trinajstić information content (AvgIpc) is 3.14. The fourth-order valence-electron chi connectivity index (χ4n) is 3.36. The Labute approximate surface area is 182 Å². The van der Waals surface area contributed by atoms with E-state index in [1.165, 1.54) is 18.7 Å². The number of nitrogens with one attached hydrogen (secondary N) is 2. The van der Waals surface area contributed by atoms with Crippen LogP contribution >= 0.6 is 11.8 Å². The summed E-state index contributed by atoms with van der Waals surface area (Å²) in [5.74, 6) is 0.941. The number of carbonyl (C=O) groups excluding carboxylic acids is 2. The van der Waals surface area contributed by atoms with Crippen LogP contribution in [0.2, 0.25) is 0 Å². The molecule has 31 heavy (non-hydrogen) atoms. The number of nitrogen functional groups attached to an aromatic ring is 1. The predicted molar refractivity (Wildman–Crippen MR) is 122 cm³/mol. The summed E-state index contributed by atoms with van der Waals surface area (Å²) in [5, 5.41) is 3.92. The number of carbonyl (C=O) groups is 2. The van der Waals surface area contributed by atoms with Crippen LogP contribution < -0.4 is 16.6 Å². The zero-order valence-electron chi connectivity index (χ0n) is 16.9. The second-order valence-electron chi connectivity index (χ2n) is 7.24. The van der Waals surface area contributed by atoms with Crippen LogP contribution in [0.3, 0.4) is 0 Å². The summed E-state index contributed by atoms with van der Waals surface area (Å²) in [7, 11) is 0. The van der Waals surface area contributed by atoms with Crippen molar-refractivity contribution in [3.8, 4) is 0 Å². The van der Waals surface area contributed by atoms with E-state index in [-0.39, 0.29) is 17.2 Å². The minimum absolute atomic E-state index is 0.0815. The number of Topliss-reactive ketones (excluding diaryl/α,β-unsaturated/α-hetero) is 1. The van der Waals surface area contributed by atoms with Crippen molar-refractivity contribution in [3.05, 3.63) is 57.9 Å². The third-order valence-corrected chi connectivity index (χ3v) is 5.89. The lowest BCUT2D eigenvalue weighted by molar-refractivity contribution is -0.119. The van der Waals surface area contributed by atoms with E-state index in [1.807, 2.05) is 6.07 Å². The molecule has 1 aliphatic heterocycles. The van der Waals surface area contributed by atoms with Crippen LogP contribution in [0.15, 0.2) is 51.3 Å². The zero-order chi connectivity index (χ0) is 22.0. The molecule has 4 N–H and O–H groups in total. The molecule has 0 bridgehead atoms. The predicted octanol–water partition coefficient (Wildman–Crippen LogP) is 2.98. The lowest BCUT2D eigenvalue weighted by Gasteiger charge is -2.06. The SMILES string of the molecule is CC(=O)c1cc(N)c2c(c1)N=C(NC(=O)CCCSc1nc3ccccc3c(=O)[nH]1)C2. The fourth-order valence-corrected chi connectivity index (χ4v) is 4.17. The van der Waals surface area contributed by atoms with Crippen LogP contribution in [0.1, 0.15) is 35.7 Å². The van der Waals surface area contributed by atoms with Gasteiger partial charge in [-0.05, 0) is 37.6 Å². The minimum atomic E-state index is -0.170. The maximum absolute atomic E-state index is 12.3. The van der Waals surface area contributed by atoms with E-state index >= 15 is 0 Å². The first-order chi connectivity index (χ1) is 14.9. The molecule has 1 aromatic heterocycles. The van der Waals surface area contributed by atoms with E-state index < -0.39 is 0 Å². The molecule has 0 aliphatic carbocycles. The van der Waals surface area contributed by atoms with Gasteiger partial charge < -0.3 is 16.0 Å². The summed E-state index contributed by atoms with van der Waals surface area (Å²) >= 11 is 1.40. The van der Waals surface area contributed by atoms with E-state index in [1.54, 1.807) is 30.3 Å². The van der Waals surface area contributed by atoms with Crippen molar-refractivity contribution in [2.24, 2.45) is 4.99 Å². The van der Waals surface area contributed by atoms with E-state index in [0.29, 0.717) is 63.8 Å². The monoisotopic (exact) mass is 435 g/mol. The summed E-state index contributed by atoms with van der Waals surface area (Å²) < 4.78 is 0. The third-order valence-electron chi connectivity index (χ3n) is 4.93. The van der Waals surface area contributed by atoms with Gasteiger partial charge in [0.2, 0.25) is 5.91 Å². The maximum atomic E-state index is 12.3. The summed E-state index contributed by atoms with van der Waals surface area (Å²) in [6.07, 6.45) is 1.36. The Morgan fingerprint density at radius 2 is 2.06 bits per heavy atom. The normalized spacial score (nSPS) is 12.5. The molecule has 158 valence electrons. The number of aromatic amines is 1. The van der Waals surface area contributed by atoms with Crippen molar-refractivity contribution in [2.45, 2.75) is 31.3 Å². The number of H-pyrrole nitrogens is 1. The van der Waals surface area contributed by atoms with Crippen molar-refractivity contribution in [2.75, 3.05) is 11.5 Å². The van der Waals surface area contributed by atoms with Crippen molar-refractivity contribution in [3.63, 3.8) is 0 Å². The van der Waals surface area contributed by atoms with Gasteiger partial charge in [-0.15, -0.1) is 0 Å². The molecule has 0 saturated carbocycles. The highest BCUT2D eigenvalue weighted by Gasteiger charge is 2.20. The van der Waals surface area contributed by atoms with Gasteiger partial charge in [0.25, 0.3) is 5.56 Å². The number of amidine groups is 1. The van der Waals surface area contributed by atoms with Gasteiger partial charge in [0.15, 0.2) is 10.9 Å². The number of amides is 1. The highest BCUT2D eigenvalue weighted by atomic mass is 32.2. The molecule has 3 aromatic rings. The molecule has 1 amide bonds. The fraction of sp³-hybridized carbons (Fsp3) is 0.227. The van der Waals surface area contributed by atoms with Crippen molar-refractivity contribution < 1.29 is 9.59 Å². The Hall–Kier alpha value is -3.46. The van der Waals surface area contributed by atoms with Gasteiger partial charge in [-0.1, -0.05) is 23.9 Å². The molecule has 1 aliphatic rings. The molecule has 2 heterocycles. The molecule has 0 unspecified atom stereocenters. The molecule has 4 rings (SSSR count). The number of ketones is 1. The second-order valence-corrected chi connectivity index (χ2v) is 8.33. The van der Waals surface area contributed by atoms with Crippen LogP contribution in [-0.2, 0) is 11.2 Å². The van der Waals surface area contributed by atoms with E-state index in [2.05, 4.69) is 20.3 Å². The number of nitrogens with zero attached hydrogens (tertiary/aromatic N) is 2. The Bertz CT molecular complexity index is 1280. The van der Waals surface area contributed by atoms with Gasteiger partial charge in [0.05, 0.1) is 16.6 Å². The van der Waals surface area contributed by atoms with Gasteiger partial charge in [-0.3, -0.25) is 14.4 Å². The maximum Gasteiger partial charge on any atom is 0.259 e. The van der Waals surface area contributed by atoms with Gasteiger partial charge in [-0.2, -0.15) is 0 Å². The Morgan fingerprint density at radius 3 is 2.87 bits per heavy atom. The minimum Gasteiger partial charge on any atom is -0.398 e. The quantitative estimate of drug-likeness (QED) is 0.179. The average molecular weight is 436 g/mol. The van der Waals surface area contributed by atoms with Crippen LogP contribution in [0.25, 0.3) is 10.9 Å². The molecule has 8 nitrogen and oxygen atoms in total. The van der Waals surface area contributed by atoms with Crippen LogP contribution in [0.4, 0.5) is 11.4 Å². The number of thioether (sulfide) groups is 1. The van der Waals surface area contributed by atoms with Crippen molar-refractivity contribution in [1.82, 2.24) is 15.3 Å². The molecule has 0 radical (unpaired) electrons. The molecule has 9 heteroatoms. The number of fused-ring (bicyclic) bond motifs is 2. The van der Waals surface area contributed by atoms with Gasteiger partial charge >= 0.3 is 0 Å². The lowest BCUT2D eigenvalue weighted by atomic mass is 10.0. The van der Waals surface area contributed by atoms with E-state index in [4.69, 9.17) is 5.73 Å². The van der Waals surface area contributed by atoms with Crippen LogP contribution in [-0.4, -0.2) is 33.2 Å². The first kappa shape index (κ1) is 20.8. The summed E-state index contributed by atoms with van der Waals surface area (Å²) in [4.78, 5) is 47.6. The van der Waals surface area contributed by atoms with Gasteiger partial charge in [-0.25, -0.2) is 9.98 Å². The molecule has 0 saturated heterocycles. The number of anilines is 1. The molecular formula is C22H21N5O3S. The Kier molecular flexibility index (Phi) is 5.85. The topological polar surface area (TPSA) is 130 Å². The largest absolute Gasteiger partial charge is 0.398 e. The first-order valence-corrected chi connectivity index (χ1v) is 10.8. The molecule has 0 spiro atoms. The number of nitrogens with two attached hydrogens (primary N) is 1. The lowest BCUT2D eigenvalue weighted by Crippen LogP contribution is -2.30. The third kappa shape index (κ3) is 4.66. The number of aromatic nitrogens is 2. The first-order valence-electron chi connectivity index (χ1n) is 9.83. The Morgan fingerprint density at radius 1 is 1.26 bits per heavy atom. The molecule has 2 aromatic carbocycles. The molecular weight excluding hydrogens is 414 g/mol. The highest BCUT2D eigenvalue weighted by Crippen LogP contribution is 2.32. The van der Waals surface area contributed by atoms with Crippen LogP contribution in [0.5, 0.6) is 0 Å². The molecule has 0 atom stereocenters. The van der Waals surface area contributed by atoms with Gasteiger partial charge in [0, 0.05) is 35.4 Å². The van der Waals surface area contributed by atoms with Crippen molar-refractivity contribution in [1.29, 1.82) is 0 Å². The van der Waals surface area contributed by atoms with Crippen molar-refractivity contribution >= 4 is 51.6 Å². The van der Waals surface area contributed by atoms with E-state index in [0.717, 1.165) is 5.56 Å². The summed E-state index contributed by atoms with van der Waals surface area (Å²) in [5.41, 5.74) is 8.97. The number of para-hydroxylation sites is 1. The van der Waals surface area contributed by atoms with Crippen LogP contribution in [0, 0.1) is 0 Å². The number of aliphatic imine (C=N–C) groups is 1. The summed E-state index contributed by atoms with van der Waals surface area (Å²) in [6, 6.07) is 10.5. The zero-order valence-corrected chi connectivity index (χ0v) is 17.7. The van der Waals surface area contributed by atoms with Gasteiger partial charge in [0.1, 0.15) is 5.84 Å². The highest BCUT2D eigenvalue weighted by molar-refractivity contribution is 7.99. The number of hydrogen-bond acceptors (Lipinski definition) is 7. The second kappa shape index (κ2) is 8.73. The molecule has 0 fully saturated rings. The van der Waals surface area contributed by atoms with E-state index in [9.17, 15) is 14.4 Å². The smallest absolute Gasteiger partial charge is 0.259 e. The number of benzene rings is 2. The Balaban J connectivity index is 1.29. The standard InChI is InChI=1S/C22H21N5O3S/c1-12(28)13-9-16(23)15-11-19(24-18(15)10-13)26-20(29)7-4-8-31-22-25-17-6-3-2-5-14(17)21(30)27-22/h2-3,5-6,9-10H,4,7-8,11,23H2,1H3,(H,24,26,29)(H,25,27,30). The summed E-state index contributed by atoms with van der Waals surface area (Å²) in [6.45, 7) is 1.48. The number of hydrogen-bond donors (Lipinski definition) is 3. The number of rotatable bonds is 6.